The number of hydrogen-bond acceptors (Lipinski definition) is 3. The number of hydrogen-bond donors (Lipinski definition) is 1. The van der Waals surface area contributed by atoms with Gasteiger partial charge < -0.3 is 9.30 Å². The van der Waals surface area contributed by atoms with Crippen molar-refractivity contribution in [2.75, 3.05) is 6.61 Å². The highest BCUT2D eigenvalue weighted by Gasteiger charge is 2.13. The van der Waals surface area contributed by atoms with Crippen LogP contribution in [0.2, 0.25) is 5.02 Å². The molecule has 0 aliphatic heterocycles. The van der Waals surface area contributed by atoms with Crippen molar-refractivity contribution in [2.24, 2.45) is 5.10 Å². The minimum Gasteiger partial charge on any atom is -0.482 e. The molecule has 1 aromatic heterocycles. The molecule has 0 radical (unpaired) electrons. The lowest BCUT2D eigenvalue weighted by molar-refractivity contribution is -0.123. The number of carbonyl (C=O) groups excluding carboxylic acids is 1. The van der Waals surface area contributed by atoms with E-state index in [1.807, 2.05) is 19.9 Å². The lowest BCUT2D eigenvalue weighted by Gasteiger charge is -2.11. The molecular weight excluding hydrogens is 461 g/mol. The summed E-state index contributed by atoms with van der Waals surface area (Å²) < 4.78 is 22.2. The lowest BCUT2D eigenvalue weighted by Crippen LogP contribution is -2.24. The highest BCUT2D eigenvalue weighted by Crippen LogP contribution is 2.25. The van der Waals surface area contributed by atoms with Gasteiger partial charge in [-0.3, -0.25) is 4.79 Å². The van der Waals surface area contributed by atoms with Crippen molar-refractivity contribution < 1.29 is 13.9 Å². The molecule has 0 saturated carbocycles. The van der Waals surface area contributed by atoms with E-state index in [0.29, 0.717) is 20.9 Å². The van der Waals surface area contributed by atoms with E-state index in [1.54, 1.807) is 41.0 Å². The summed E-state index contributed by atoms with van der Waals surface area (Å²) in [5.41, 5.74) is 5.26. The first-order valence-corrected chi connectivity index (χ1v) is 9.87. The number of benzene rings is 2. The van der Waals surface area contributed by atoms with Gasteiger partial charge >= 0.3 is 0 Å². The van der Waals surface area contributed by atoms with Gasteiger partial charge in [0, 0.05) is 21.4 Å². The summed E-state index contributed by atoms with van der Waals surface area (Å²) in [4.78, 5) is 11.9. The zero-order chi connectivity index (χ0) is 21.0. The number of amides is 1. The maximum Gasteiger partial charge on any atom is 0.277 e. The number of ether oxygens (including phenoxy) is 1. The number of para-hydroxylation sites is 1. The van der Waals surface area contributed by atoms with Gasteiger partial charge in [0.2, 0.25) is 0 Å². The normalized spacial score (nSPS) is 11.1. The fourth-order valence-electron chi connectivity index (χ4n) is 2.86. The number of rotatable bonds is 6. The summed E-state index contributed by atoms with van der Waals surface area (Å²) in [7, 11) is 0. The summed E-state index contributed by atoms with van der Waals surface area (Å²) in [6.45, 7) is 3.52. The van der Waals surface area contributed by atoms with Gasteiger partial charge in [-0.15, -0.1) is 0 Å². The van der Waals surface area contributed by atoms with Gasteiger partial charge in [0.05, 0.1) is 16.9 Å². The number of nitrogens with zero attached hydrogens (tertiary/aromatic N) is 2. The molecule has 0 bridgehead atoms. The van der Waals surface area contributed by atoms with Gasteiger partial charge in [-0.1, -0.05) is 39.7 Å². The van der Waals surface area contributed by atoms with Crippen LogP contribution < -0.4 is 10.2 Å². The van der Waals surface area contributed by atoms with Crippen LogP contribution in [0.15, 0.2) is 58.1 Å². The number of nitrogens with one attached hydrogen (secondary N) is 1. The highest BCUT2D eigenvalue weighted by molar-refractivity contribution is 9.10. The third kappa shape index (κ3) is 5.05. The lowest BCUT2D eigenvalue weighted by atomic mass is 10.2. The van der Waals surface area contributed by atoms with Crippen molar-refractivity contribution in [3.05, 3.63) is 80.8 Å². The van der Waals surface area contributed by atoms with Crippen LogP contribution in [0.5, 0.6) is 5.75 Å². The van der Waals surface area contributed by atoms with E-state index in [1.165, 1.54) is 12.3 Å². The van der Waals surface area contributed by atoms with Crippen molar-refractivity contribution in [3.8, 4) is 11.4 Å². The largest absolute Gasteiger partial charge is 0.482 e. The first-order valence-electron chi connectivity index (χ1n) is 8.70. The zero-order valence-electron chi connectivity index (χ0n) is 15.7. The molecule has 0 saturated heterocycles. The third-order valence-electron chi connectivity index (χ3n) is 4.21. The predicted molar refractivity (Wildman–Crippen MR) is 116 cm³/mol. The van der Waals surface area contributed by atoms with Gasteiger partial charge in [-0.05, 0) is 50.2 Å². The summed E-state index contributed by atoms with van der Waals surface area (Å²) in [6, 6.07) is 13.7. The van der Waals surface area contributed by atoms with Crippen LogP contribution in [0.4, 0.5) is 4.39 Å². The van der Waals surface area contributed by atoms with Gasteiger partial charge in [-0.25, -0.2) is 9.82 Å². The average Bonchev–Trinajstić information content (AvgIpc) is 2.95. The Morgan fingerprint density at radius 1 is 1.28 bits per heavy atom. The average molecular weight is 479 g/mol. The fourth-order valence-corrected chi connectivity index (χ4v) is 3.39. The Morgan fingerprint density at radius 2 is 2.03 bits per heavy atom. The van der Waals surface area contributed by atoms with Gasteiger partial charge in [-0.2, -0.15) is 5.10 Å². The topological polar surface area (TPSA) is 55.6 Å². The van der Waals surface area contributed by atoms with E-state index in [4.69, 9.17) is 16.3 Å². The maximum atomic E-state index is 14.4. The van der Waals surface area contributed by atoms with E-state index < -0.39 is 5.91 Å². The molecule has 0 unspecified atom stereocenters. The Bertz CT molecular complexity index is 1080. The number of aromatic nitrogens is 1. The zero-order valence-corrected chi connectivity index (χ0v) is 18.1. The van der Waals surface area contributed by atoms with Gasteiger partial charge in [0.15, 0.2) is 6.61 Å². The molecule has 3 aromatic rings. The van der Waals surface area contributed by atoms with E-state index in [2.05, 4.69) is 26.5 Å². The van der Waals surface area contributed by atoms with Crippen molar-refractivity contribution in [1.82, 2.24) is 9.99 Å². The molecule has 0 aliphatic rings. The molecule has 1 N–H and O–H groups in total. The van der Waals surface area contributed by atoms with Crippen LogP contribution in [0, 0.1) is 19.7 Å². The standard InChI is InChI=1S/C21H18BrClFN3O2/c1-13-9-15(14(2)27(13)19-8-7-16(22)10-18(19)24)11-25-26-21(28)12-29-20-6-4-3-5-17(20)23/h3-11H,12H2,1-2H3,(H,26,28)/b25-11-. The second-order valence-electron chi connectivity index (χ2n) is 6.27. The van der Waals surface area contributed by atoms with Crippen LogP contribution >= 0.6 is 27.5 Å². The third-order valence-corrected chi connectivity index (χ3v) is 5.01. The molecule has 0 spiro atoms. The van der Waals surface area contributed by atoms with Crippen LogP contribution in [-0.2, 0) is 4.79 Å². The van der Waals surface area contributed by atoms with E-state index in [-0.39, 0.29) is 12.4 Å². The van der Waals surface area contributed by atoms with Crippen molar-refractivity contribution in [1.29, 1.82) is 0 Å². The molecule has 0 atom stereocenters. The fraction of sp³-hybridized carbons (Fsp3) is 0.143. The Labute approximate surface area is 181 Å². The second-order valence-corrected chi connectivity index (χ2v) is 7.59. The Hall–Kier alpha value is -2.64. The minimum absolute atomic E-state index is 0.218. The first kappa shape index (κ1) is 21.1. The van der Waals surface area contributed by atoms with Crippen molar-refractivity contribution in [3.63, 3.8) is 0 Å². The summed E-state index contributed by atoms with van der Waals surface area (Å²) >= 11 is 9.24. The number of aryl methyl sites for hydroxylation is 1. The van der Waals surface area contributed by atoms with E-state index >= 15 is 0 Å². The smallest absolute Gasteiger partial charge is 0.277 e. The maximum absolute atomic E-state index is 14.4. The van der Waals surface area contributed by atoms with Gasteiger partial charge in [0.25, 0.3) is 5.91 Å². The summed E-state index contributed by atoms with van der Waals surface area (Å²) in [5, 5.41) is 4.40. The van der Waals surface area contributed by atoms with Crippen LogP contribution in [0.3, 0.4) is 0 Å². The molecule has 1 amide bonds. The van der Waals surface area contributed by atoms with Gasteiger partial charge in [0.1, 0.15) is 11.6 Å². The Morgan fingerprint density at radius 3 is 2.76 bits per heavy atom. The Balaban J connectivity index is 1.67. The van der Waals surface area contributed by atoms with Crippen LogP contribution in [-0.4, -0.2) is 23.3 Å². The summed E-state index contributed by atoms with van der Waals surface area (Å²) in [5.74, 6) is -0.336. The van der Waals surface area contributed by atoms with Crippen molar-refractivity contribution in [2.45, 2.75) is 13.8 Å². The van der Waals surface area contributed by atoms with E-state index in [0.717, 1.165) is 17.0 Å². The molecule has 5 nitrogen and oxygen atoms in total. The molecule has 3 rings (SSSR count). The minimum atomic E-state index is -0.422. The highest BCUT2D eigenvalue weighted by atomic mass is 79.9. The Kier molecular flexibility index (Phi) is 6.71. The quantitative estimate of drug-likeness (QED) is 0.392. The molecule has 0 fully saturated rings. The second kappa shape index (κ2) is 9.24. The summed E-state index contributed by atoms with van der Waals surface area (Å²) in [6.07, 6.45) is 1.52. The number of halogens is 3. The molecular formula is C21H18BrClFN3O2. The molecule has 29 heavy (non-hydrogen) atoms. The number of hydrazone groups is 1. The molecule has 0 aliphatic carbocycles. The van der Waals surface area contributed by atoms with Crippen LogP contribution in [0.1, 0.15) is 17.0 Å². The van der Waals surface area contributed by atoms with Crippen molar-refractivity contribution >= 4 is 39.7 Å². The molecule has 1 heterocycles. The van der Waals surface area contributed by atoms with Crippen LogP contribution in [0.25, 0.3) is 5.69 Å². The first-order chi connectivity index (χ1) is 13.9. The SMILES string of the molecule is Cc1cc(/C=N\NC(=O)COc2ccccc2Cl)c(C)n1-c1ccc(Br)cc1F. The molecule has 150 valence electrons. The monoisotopic (exact) mass is 477 g/mol. The molecule has 2 aromatic carbocycles. The predicted octanol–water partition coefficient (Wildman–Crippen LogP) is 5.18. The van der Waals surface area contributed by atoms with E-state index in [9.17, 15) is 9.18 Å². The molecule has 8 heteroatoms. The number of carbonyl (C=O) groups is 1.